The molecular formula is C18H26N4O3. The summed E-state index contributed by atoms with van der Waals surface area (Å²) in [5.74, 6) is 0.664. The number of carbonyl (C=O) groups excluding carboxylic acids is 1. The summed E-state index contributed by atoms with van der Waals surface area (Å²) in [6.07, 6.45) is 4.50. The maximum atomic E-state index is 13.0. The van der Waals surface area contributed by atoms with Gasteiger partial charge in [0.25, 0.3) is 5.91 Å². The van der Waals surface area contributed by atoms with E-state index in [-0.39, 0.29) is 30.4 Å². The van der Waals surface area contributed by atoms with Gasteiger partial charge in [0.05, 0.1) is 11.9 Å². The number of carbonyl (C=O) groups is 1. The molecule has 0 bridgehead atoms. The Kier molecular flexibility index (Phi) is 4.94. The van der Waals surface area contributed by atoms with Crippen LogP contribution in [0, 0.1) is 12.8 Å². The molecular weight excluding hydrogens is 320 g/mol. The topological polar surface area (TPSA) is 84.4 Å². The van der Waals surface area contributed by atoms with Crippen molar-refractivity contribution in [2.24, 2.45) is 5.92 Å². The van der Waals surface area contributed by atoms with E-state index in [1.165, 1.54) is 0 Å². The van der Waals surface area contributed by atoms with E-state index in [4.69, 9.17) is 4.52 Å². The number of aliphatic hydroxyl groups excluding tert-OH is 1. The summed E-state index contributed by atoms with van der Waals surface area (Å²) in [4.78, 5) is 14.8. The van der Waals surface area contributed by atoms with Crippen LogP contribution in [0.5, 0.6) is 0 Å². The van der Waals surface area contributed by atoms with Crippen LogP contribution < -0.4 is 0 Å². The fourth-order valence-corrected chi connectivity index (χ4v) is 3.52. The molecule has 0 aliphatic carbocycles. The summed E-state index contributed by atoms with van der Waals surface area (Å²) in [5.41, 5.74) is 2.26. The highest BCUT2D eigenvalue weighted by molar-refractivity contribution is 5.96. The van der Waals surface area contributed by atoms with Crippen LogP contribution in [-0.4, -0.2) is 50.5 Å². The zero-order valence-electron chi connectivity index (χ0n) is 15.3. The van der Waals surface area contributed by atoms with Gasteiger partial charge in [-0.25, -0.2) is 0 Å². The first kappa shape index (κ1) is 17.7. The molecule has 3 rings (SSSR count). The molecule has 2 aromatic heterocycles. The summed E-state index contributed by atoms with van der Waals surface area (Å²) in [6.45, 7) is 9.03. The van der Waals surface area contributed by atoms with Gasteiger partial charge in [0.15, 0.2) is 0 Å². The quantitative estimate of drug-likeness (QED) is 0.897. The Morgan fingerprint density at radius 1 is 1.44 bits per heavy atom. The standard InChI is InChI=1S/C18H26N4O3/c1-5-16-17(12(4)20-25-16)18(24)21-7-14(10-23)15(9-21)13-6-19-22(8-13)11(2)3/h6,8,11,14-15,23H,5,7,9-10H2,1-4H3/t14-,15-/m0/s1. The summed E-state index contributed by atoms with van der Waals surface area (Å²) >= 11 is 0. The molecule has 2 aromatic rings. The van der Waals surface area contributed by atoms with Crippen LogP contribution in [0.15, 0.2) is 16.9 Å². The Balaban J connectivity index is 1.83. The van der Waals surface area contributed by atoms with E-state index in [2.05, 4.69) is 24.1 Å². The fraction of sp³-hybridized carbons (Fsp3) is 0.611. The summed E-state index contributed by atoms with van der Waals surface area (Å²) in [5, 5.41) is 18.1. The molecule has 1 aliphatic heterocycles. The van der Waals surface area contributed by atoms with E-state index in [9.17, 15) is 9.90 Å². The highest BCUT2D eigenvalue weighted by atomic mass is 16.5. The van der Waals surface area contributed by atoms with Gasteiger partial charge in [-0.15, -0.1) is 0 Å². The smallest absolute Gasteiger partial charge is 0.259 e. The van der Waals surface area contributed by atoms with Crippen molar-refractivity contribution >= 4 is 5.91 Å². The van der Waals surface area contributed by atoms with Gasteiger partial charge in [0.1, 0.15) is 11.3 Å². The van der Waals surface area contributed by atoms with Gasteiger partial charge < -0.3 is 14.5 Å². The second-order valence-corrected chi connectivity index (χ2v) is 7.03. The molecule has 3 heterocycles. The third-order valence-electron chi connectivity index (χ3n) is 5.01. The van der Waals surface area contributed by atoms with Gasteiger partial charge in [0.2, 0.25) is 0 Å². The Bertz CT molecular complexity index is 749. The zero-order valence-corrected chi connectivity index (χ0v) is 15.3. The number of likely N-dealkylation sites (tertiary alicyclic amines) is 1. The van der Waals surface area contributed by atoms with Crippen LogP contribution in [0.4, 0.5) is 0 Å². The summed E-state index contributed by atoms with van der Waals surface area (Å²) in [6, 6.07) is 0.284. The lowest BCUT2D eigenvalue weighted by Crippen LogP contribution is -2.30. The molecule has 0 unspecified atom stereocenters. The molecule has 1 saturated heterocycles. The number of aromatic nitrogens is 3. The molecule has 136 valence electrons. The van der Waals surface area contributed by atoms with Gasteiger partial charge >= 0.3 is 0 Å². The molecule has 7 nitrogen and oxygen atoms in total. The van der Waals surface area contributed by atoms with Gasteiger partial charge in [-0.1, -0.05) is 12.1 Å². The zero-order chi connectivity index (χ0) is 18.1. The average Bonchev–Trinajstić information content (AvgIpc) is 3.31. The van der Waals surface area contributed by atoms with Crippen LogP contribution in [0.3, 0.4) is 0 Å². The molecule has 25 heavy (non-hydrogen) atoms. The van der Waals surface area contributed by atoms with E-state index >= 15 is 0 Å². The SMILES string of the molecule is CCc1onc(C)c1C(=O)N1C[C@@H](CO)[C@H](c2cnn(C(C)C)c2)C1. The first-order valence-electron chi connectivity index (χ1n) is 8.85. The lowest BCUT2D eigenvalue weighted by Gasteiger charge is -2.16. The minimum atomic E-state index is -0.0622. The van der Waals surface area contributed by atoms with Crippen LogP contribution >= 0.6 is 0 Å². The molecule has 0 saturated carbocycles. The first-order valence-corrected chi connectivity index (χ1v) is 8.85. The number of aryl methyl sites for hydroxylation is 2. The lowest BCUT2D eigenvalue weighted by atomic mass is 9.92. The molecule has 0 radical (unpaired) electrons. The molecule has 1 fully saturated rings. The predicted octanol–water partition coefficient (Wildman–Crippen LogP) is 2.17. The molecule has 7 heteroatoms. The number of rotatable bonds is 5. The van der Waals surface area contributed by atoms with Crippen LogP contribution in [0.1, 0.15) is 60.1 Å². The van der Waals surface area contributed by atoms with Crippen molar-refractivity contribution in [1.29, 1.82) is 0 Å². The van der Waals surface area contributed by atoms with Gasteiger partial charge in [-0.05, 0) is 26.3 Å². The van der Waals surface area contributed by atoms with E-state index in [0.717, 1.165) is 5.56 Å². The second-order valence-electron chi connectivity index (χ2n) is 7.03. The molecule has 1 aliphatic rings. The van der Waals surface area contributed by atoms with Crippen LogP contribution in [0.25, 0.3) is 0 Å². The number of nitrogens with zero attached hydrogens (tertiary/aromatic N) is 4. The van der Waals surface area contributed by atoms with Crippen molar-refractivity contribution in [3.05, 3.63) is 35.0 Å². The number of hydrogen-bond acceptors (Lipinski definition) is 5. The second kappa shape index (κ2) is 7.00. The minimum absolute atomic E-state index is 0.0130. The van der Waals surface area contributed by atoms with Crippen molar-refractivity contribution in [2.75, 3.05) is 19.7 Å². The maximum Gasteiger partial charge on any atom is 0.259 e. The molecule has 2 atom stereocenters. The number of hydrogen-bond donors (Lipinski definition) is 1. The molecule has 1 amide bonds. The highest BCUT2D eigenvalue weighted by Crippen LogP contribution is 2.34. The van der Waals surface area contributed by atoms with E-state index in [1.807, 2.05) is 24.0 Å². The van der Waals surface area contributed by atoms with Crippen molar-refractivity contribution in [2.45, 2.75) is 46.1 Å². The van der Waals surface area contributed by atoms with Crippen molar-refractivity contribution in [1.82, 2.24) is 19.8 Å². The molecule has 0 spiro atoms. The summed E-state index contributed by atoms with van der Waals surface area (Å²) in [7, 11) is 0. The van der Waals surface area contributed by atoms with Crippen molar-refractivity contribution in [3.8, 4) is 0 Å². The number of amides is 1. The van der Waals surface area contributed by atoms with E-state index in [1.54, 1.807) is 11.8 Å². The fourth-order valence-electron chi connectivity index (χ4n) is 3.52. The normalized spacial score (nSPS) is 20.6. The molecule has 1 N–H and O–H groups in total. The number of aliphatic hydroxyl groups is 1. The monoisotopic (exact) mass is 346 g/mol. The van der Waals surface area contributed by atoms with E-state index < -0.39 is 0 Å². The third-order valence-corrected chi connectivity index (χ3v) is 5.01. The first-order chi connectivity index (χ1) is 12.0. The Morgan fingerprint density at radius 3 is 2.80 bits per heavy atom. The predicted molar refractivity (Wildman–Crippen MR) is 92.5 cm³/mol. The van der Waals surface area contributed by atoms with Gasteiger partial charge in [0, 0.05) is 50.2 Å². The van der Waals surface area contributed by atoms with Crippen molar-refractivity contribution in [3.63, 3.8) is 0 Å². The minimum Gasteiger partial charge on any atom is -0.396 e. The lowest BCUT2D eigenvalue weighted by molar-refractivity contribution is 0.0778. The van der Waals surface area contributed by atoms with Gasteiger partial charge in [-0.3, -0.25) is 9.48 Å². The largest absolute Gasteiger partial charge is 0.396 e. The maximum absolute atomic E-state index is 13.0. The van der Waals surface area contributed by atoms with Crippen LogP contribution in [0.2, 0.25) is 0 Å². The highest BCUT2D eigenvalue weighted by Gasteiger charge is 2.38. The Hall–Kier alpha value is -2.15. The third kappa shape index (κ3) is 3.20. The summed E-state index contributed by atoms with van der Waals surface area (Å²) < 4.78 is 7.17. The molecule has 0 aromatic carbocycles. The van der Waals surface area contributed by atoms with Crippen molar-refractivity contribution < 1.29 is 14.4 Å². The van der Waals surface area contributed by atoms with E-state index in [0.29, 0.717) is 36.5 Å². The Labute approximate surface area is 147 Å². The Morgan fingerprint density at radius 2 is 2.20 bits per heavy atom. The van der Waals surface area contributed by atoms with Crippen LogP contribution in [-0.2, 0) is 6.42 Å². The van der Waals surface area contributed by atoms with Gasteiger partial charge in [-0.2, -0.15) is 5.10 Å². The average molecular weight is 346 g/mol.